The summed E-state index contributed by atoms with van der Waals surface area (Å²) in [4.78, 5) is 16.0. The summed E-state index contributed by atoms with van der Waals surface area (Å²) < 4.78 is 5.20. The highest BCUT2D eigenvalue weighted by atomic mass is 16.6. The SMILES string of the molecule is CN(C)CCCc1ccc(CCN)cc1.CN(C)CCCc1ccc(CCNC(=O)OC(C)(C)C)cc1. The van der Waals surface area contributed by atoms with Gasteiger partial charge in [0, 0.05) is 6.54 Å². The molecule has 0 radical (unpaired) electrons. The fourth-order valence-electron chi connectivity index (χ4n) is 3.73. The summed E-state index contributed by atoms with van der Waals surface area (Å²) in [5, 5.41) is 2.78. The Morgan fingerprint density at radius 3 is 1.46 bits per heavy atom. The number of amides is 1. The molecule has 0 fully saturated rings. The Morgan fingerprint density at radius 1 is 0.730 bits per heavy atom. The molecule has 2 rings (SSSR count). The molecule has 0 unspecified atom stereocenters. The maximum absolute atomic E-state index is 11.5. The molecule has 37 heavy (non-hydrogen) atoms. The zero-order chi connectivity index (χ0) is 27.7. The predicted octanol–water partition coefficient (Wildman–Crippen LogP) is 4.93. The van der Waals surface area contributed by atoms with E-state index in [4.69, 9.17) is 10.5 Å². The van der Waals surface area contributed by atoms with Gasteiger partial charge in [0.25, 0.3) is 0 Å². The van der Waals surface area contributed by atoms with Crippen molar-refractivity contribution < 1.29 is 9.53 Å². The lowest BCUT2D eigenvalue weighted by Gasteiger charge is -2.19. The molecule has 0 atom stereocenters. The van der Waals surface area contributed by atoms with Gasteiger partial charge >= 0.3 is 6.09 Å². The predicted molar refractivity (Wildman–Crippen MR) is 157 cm³/mol. The number of hydrogen-bond donors (Lipinski definition) is 2. The van der Waals surface area contributed by atoms with Gasteiger partial charge in [-0.15, -0.1) is 0 Å². The molecule has 2 aromatic rings. The number of rotatable bonds is 13. The third-order valence-corrected chi connectivity index (χ3v) is 5.70. The van der Waals surface area contributed by atoms with Crippen molar-refractivity contribution in [2.24, 2.45) is 5.73 Å². The standard InChI is InChI=1S/C18H30N2O2.C13H22N2/c1-18(2,3)22-17(21)19-13-12-16-10-8-15(9-11-16)7-6-14-20(4)5;1-15(2)11-3-4-12-5-7-13(8-6-12)9-10-14/h8-11H,6-7,12-14H2,1-5H3,(H,19,21);5-8H,3-4,9-11,14H2,1-2H3. The van der Waals surface area contributed by atoms with E-state index in [0.717, 1.165) is 38.9 Å². The average Bonchev–Trinajstić information content (AvgIpc) is 2.80. The molecule has 0 aliphatic carbocycles. The lowest BCUT2D eigenvalue weighted by molar-refractivity contribution is 0.0528. The third kappa shape index (κ3) is 17.6. The number of benzene rings is 2. The molecular formula is C31H52N4O2. The first-order valence-electron chi connectivity index (χ1n) is 13.6. The average molecular weight is 513 g/mol. The van der Waals surface area contributed by atoms with Gasteiger partial charge in [0.2, 0.25) is 0 Å². The topological polar surface area (TPSA) is 70.8 Å². The minimum absolute atomic E-state index is 0.354. The van der Waals surface area contributed by atoms with Crippen LogP contribution in [0.3, 0.4) is 0 Å². The Kier molecular flexibility index (Phi) is 15.8. The number of hydrogen-bond acceptors (Lipinski definition) is 5. The van der Waals surface area contributed by atoms with E-state index >= 15 is 0 Å². The Labute approximate surface area is 226 Å². The van der Waals surface area contributed by atoms with Crippen molar-refractivity contribution in [1.29, 1.82) is 0 Å². The minimum atomic E-state index is -0.446. The summed E-state index contributed by atoms with van der Waals surface area (Å²) >= 11 is 0. The molecule has 6 nitrogen and oxygen atoms in total. The molecule has 0 saturated heterocycles. The molecule has 0 heterocycles. The van der Waals surface area contributed by atoms with Crippen LogP contribution in [0, 0.1) is 0 Å². The first-order chi connectivity index (χ1) is 17.5. The van der Waals surface area contributed by atoms with Crippen molar-refractivity contribution in [3.8, 4) is 0 Å². The van der Waals surface area contributed by atoms with Crippen LogP contribution in [-0.2, 0) is 30.4 Å². The van der Waals surface area contributed by atoms with E-state index in [1.54, 1.807) is 0 Å². The highest BCUT2D eigenvalue weighted by molar-refractivity contribution is 5.67. The molecule has 0 aliphatic heterocycles. The maximum atomic E-state index is 11.5. The second-order valence-corrected chi connectivity index (χ2v) is 11.2. The lowest BCUT2D eigenvalue weighted by atomic mass is 10.1. The number of nitrogens with one attached hydrogen (secondary N) is 1. The second kappa shape index (κ2) is 17.9. The zero-order valence-corrected chi connectivity index (χ0v) is 24.5. The summed E-state index contributed by atoms with van der Waals surface area (Å²) in [5.41, 5.74) is 10.4. The van der Waals surface area contributed by atoms with Crippen LogP contribution >= 0.6 is 0 Å². The van der Waals surface area contributed by atoms with Crippen molar-refractivity contribution in [1.82, 2.24) is 15.1 Å². The smallest absolute Gasteiger partial charge is 0.407 e. The quantitative estimate of drug-likeness (QED) is 0.398. The van der Waals surface area contributed by atoms with Crippen molar-refractivity contribution in [2.45, 2.75) is 64.9 Å². The van der Waals surface area contributed by atoms with Gasteiger partial charge in [-0.25, -0.2) is 4.79 Å². The summed E-state index contributed by atoms with van der Waals surface area (Å²) in [6.07, 6.45) is 6.12. The number of alkyl carbamates (subject to hydrolysis) is 1. The summed E-state index contributed by atoms with van der Waals surface area (Å²) in [6, 6.07) is 17.5. The molecule has 1 amide bonds. The van der Waals surface area contributed by atoms with E-state index in [-0.39, 0.29) is 6.09 Å². The van der Waals surface area contributed by atoms with Crippen LogP contribution < -0.4 is 11.1 Å². The normalized spacial score (nSPS) is 11.3. The van der Waals surface area contributed by atoms with E-state index in [1.165, 1.54) is 41.5 Å². The van der Waals surface area contributed by atoms with E-state index < -0.39 is 5.60 Å². The van der Waals surface area contributed by atoms with Gasteiger partial charge in [-0.2, -0.15) is 0 Å². The molecule has 6 heteroatoms. The number of carbonyl (C=O) groups is 1. The number of carbonyl (C=O) groups excluding carboxylic acids is 1. The Bertz CT molecular complexity index is 856. The highest BCUT2D eigenvalue weighted by Gasteiger charge is 2.15. The fourth-order valence-corrected chi connectivity index (χ4v) is 3.73. The fraction of sp³-hybridized carbons (Fsp3) is 0.581. The minimum Gasteiger partial charge on any atom is -0.444 e. The molecule has 0 aliphatic rings. The molecule has 0 aromatic heterocycles. The molecule has 2 aromatic carbocycles. The van der Waals surface area contributed by atoms with Gasteiger partial charge in [0.1, 0.15) is 5.60 Å². The van der Waals surface area contributed by atoms with E-state index in [9.17, 15) is 4.79 Å². The monoisotopic (exact) mass is 512 g/mol. The van der Waals surface area contributed by atoms with Gasteiger partial charge in [-0.1, -0.05) is 48.5 Å². The van der Waals surface area contributed by atoms with Crippen molar-refractivity contribution >= 4 is 6.09 Å². The lowest BCUT2D eigenvalue weighted by Crippen LogP contribution is -2.33. The summed E-state index contributed by atoms with van der Waals surface area (Å²) in [6.45, 7) is 9.19. The van der Waals surface area contributed by atoms with E-state index in [1.807, 2.05) is 20.8 Å². The van der Waals surface area contributed by atoms with Gasteiger partial charge in [0.15, 0.2) is 0 Å². The number of ether oxygens (including phenoxy) is 1. The van der Waals surface area contributed by atoms with E-state index in [0.29, 0.717) is 6.54 Å². The second-order valence-electron chi connectivity index (χ2n) is 11.2. The van der Waals surface area contributed by atoms with Crippen molar-refractivity contribution in [2.75, 3.05) is 54.4 Å². The van der Waals surface area contributed by atoms with Crippen LogP contribution in [-0.4, -0.2) is 75.9 Å². The van der Waals surface area contributed by atoms with Gasteiger partial charge in [-0.3, -0.25) is 0 Å². The van der Waals surface area contributed by atoms with Crippen LogP contribution in [0.15, 0.2) is 48.5 Å². The molecule has 0 saturated carbocycles. The van der Waals surface area contributed by atoms with Crippen molar-refractivity contribution in [3.63, 3.8) is 0 Å². The molecule has 0 spiro atoms. The molecule has 0 bridgehead atoms. The van der Waals surface area contributed by atoms with Crippen LogP contribution in [0.2, 0.25) is 0 Å². The zero-order valence-electron chi connectivity index (χ0n) is 24.5. The maximum Gasteiger partial charge on any atom is 0.407 e. The Balaban J connectivity index is 0.000000397. The molecule has 208 valence electrons. The van der Waals surface area contributed by atoms with Gasteiger partial charge < -0.3 is 25.6 Å². The van der Waals surface area contributed by atoms with Crippen LogP contribution in [0.5, 0.6) is 0 Å². The van der Waals surface area contributed by atoms with E-state index in [2.05, 4.69) is 91.8 Å². The summed E-state index contributed by atoms with van der Waals surface area (Å²) in [5.74, 6) is 0. The van der Waals surface area contributed by atoms with Crippen LogP contribution in [0.4, 0.5) is 4.79 Å². The number of nitrogens with zero attached hydrogens (tertiary/aromatic N) is 2. The largest absolute Gasteiger partial charge is 0.444 e. The highest BCUT2D eigenvalue weighted by Crippen LogP contribution is 2.09. The first kappa shape index (κ1) is 32.6. The van der Waals surface area contributed by atoms with Crippen molar-refractivity contribution in [3.05, 3.63) is 70.8 Å². The third-order valence-electron chi connectivity index (χ3n) is 5.70. The number of aryl methyl sites for hydroxylation is 2. The van der Waals surface area contributed by atoms with Gasteiger partial charge in [-0.05, 0) is 129 Å². The van der Waals surface area contributed by atoms with Crippen LogP contribution in [0.1, 0.15) is 55.9 Å². The first-order valence-corrected chi connectivity index (χ1v) is 13.6. The number of nitrogens with two attached hydrogens (primary N) is 1. The van der Waals surface area contributed by atoms with Crippen LogP contribution in [0.25, 0.3) is 0 Å². The molecular weight excluding hydrogens is 460 g/mol. The Hall–Kier alpha value is -2.41. The Morgan fingerprint density at radius 2 is 1.11 bits per heavy atom. The van der Waals surface area contributed by atoms with Gasteiger partial charge in [0.05, 0.1) is 0 Å². The molecule has 3 N–H and O–H groups in total. The summed E-state index contributed by atoms with van der Waals surface area (Å²) in [7, 11) is 8.43.